The third-order valence-electron chi connectivity index (χ3n) is 1.34. The Kier molecular flexibility index (Phi) is 10.6. The lowest BCUT2D eigenvalue weighted by Crippen LogP contribution is -1.97. The quantitative estimate of drug-likeness (QED) is 0.550. The average Bonchev–Trinajstić information content (AvgIpc) is 2.24. The van der Waals surface area contributed by atoms with E-state index in [0.29, 0.717) is 11.3 Å². The van der Waals surface area contributed by atoms with Crippen LogP contribution in [-0.4, -0.2) is 5.78 Å². The third-order valence-corrected chi connectivity index (χ3v) is 1.34. The predicted octanol–water partition coefficient (Wildman–Crippen LogP) is 3.52. The number of para-hydroxylation sites is 1. The van der Waals surface area contributed by atoms with Gasteiger partial charge in [-0.1, -0.05) is 39.8 Å². The molecular weight excluding hydrogens is 174 g/mol. The lowest BCUT2D eigenvalue weighted by atomic mass is 10.1. The molecule has 0 atom stereocenters. The van der Waals surface area contributed by atoms with Gasteiger partial charge >= 0.3 is 0 Å². The Bertz CT molecular complexity index is 256. The van der Waals surface area contributed by atoms with E-state index in [0.717, 1.165) is 0 Å². The molecule has 1 rings (SSSR count). The standard InChI is InChI=1S/C8H9NO.2C2H6/c1-6(10)7-4-2-3-5-8(7)9;2*1-2/h2-5H,9H2,1H3;2*1-2H3. The summed E-state index contributed by atoms with van der Waals surface area (Å²) >= 11 is 0. The minimum Gasteiger partial charge on any atom is -0.398 e. The van der Waals surface area contributed by atoms with Gasteiger partial charge in [0.25, 0.3) is 0 Å². The van der Waals surface area contributed by atoms with Gasteiger partial charge in [0, 0.05) is 11.3 Å². The molecule has 0 bridgehead atoms. The molecule has 0 fully saturated rings. The average molecular weight is 195 g/mol. The van der Waals surface area contributed by atoms with Crippen LogP contribution in [0.15, 0.2) is 24.3 Å². The van der Waals surface area contributed by atoms with E-state index in [1.54, 1.807) is 18.2 Å². The van der Waals surface area contributed by atoms with Crippen LogP contribution < -0.4 is 5.73 Å². The van der Waals surface area contributed by atoms with E-state index in [2.05, 4.69) is 0 Å². The SMILES string of the molecule is CC.CC.CC(=O)c1ccccc1N. The van der Waals surface area contributed by atoms with Gasteiger partial charge in [0.2, 0.25) is 0 Å². The number of carbonyl (C=O) groups excluding carboxylic acids is 1. The van der Waals surface area contributed by atoms with Gasteiger partial charge in [-0.05, 0) is 19.1 Å². The maximum Gasteiger partial charge on any atom is 0.161 e. The summed E-state index contributed by atoms with van der Waals surface area (Å²) in [5.74, 6) is 0.0121. The van der Waals surface area contributed by atoms with Crippen LogP contribution in [0.25, 0.3) is 0 Å². The Morgan fingerprint density at radius 1 is 1.07 bits per heavy atom. The first-order chi connectivity index (χ1) is 6.72. The van der Waals surface area contributed by atoms with Crippen molar-refractivity contribution in [1.29, 1.82) is 0 Å². The summed E-state index contributed by atoms with van der Waals surface area (Å²) in [6.45, 7) is 9.51. The van der Waals surface area contributed by atoms with E-state index in [1.165, 1.54) is 6.92 Å². The second kappa shape index (κ2) is 9.78. The molecule has 0 radical (unpaired) electrons. The number of nitrogen functional groups attached to an aromatic ring is 1. The Morgan fingerprint density at radius 3 is 1.79 bits per heavy atom. The number of Topliss-reactive ketones (excluding diaryl/α,β-unsaturated/α-hetero) is 1. The summed E-state index contributed by atoms with van der Waals surface area (Å²) < 4.78 is 0. The van der Waals surface area contributed by atoms with Crippen LogP contribution in [0, 0.1) is 0 Å². The maximum atomic E-state index is 10.8. The number of carbonyl (C=O) groups is 1. The van der Waals surface area contributed by atoms with Crippen molar-refractivity contribution in [2.75, 3.05) is 5.73 Å². The van der Waals surface area contributed by atoms with Gasteiger partial charge < -0.3 is 5.73 Å². The second-order valence-corrected chi connectivity index (χ2v) is 2.14. The molecule has 14 heavy (non-hydrogen) atoms. The topological polar surface area (TPSA) is 43.1 Å². The highest BCUT2D eigenvalue weighted by Crippen LogP contribution is 2.09. The Hall–Kier alpha value is -1.31. The lowest BCUT2D eigenvalue weighted by Gasteiger charge is -1.97. The van der Waals surface area contributed by atoms with Crippen LogP contribution in [0.5, 0.6) is 0 Å². The molecule has 0 saturated heterocycles. The van der Waals surface area contributed by atoms with Crippen molar-refractivity contribution in [3.63, 3.8) is 0 Å². The summed E-state index contributed by atoms with van der Waals surface area (Å²) in [6, 6.07) is 7.04. The highest BCUT2D eigenvalue weighted by atomic mass is 16.1. The molecule has 0 unspecified atom stereocenters. The largest absolute Gasteiger partial charge is 0.398 e. The van der Waals surface area contributed by atoms with Gasteiger partial charge in [-0.15, -0.1) is 0 Å². The Balaban J connectivity index is 0. The van der Waals surface area contributed by atoms with Crippen molar-refractivity contribution in [2.45, 2.75) is 34.6 Å². The molecule has 0 heterocycles. The molecule has 2 nitrogen and oxygen atoms in total. The van der Waals surface area contributed by atoms with Gasteiger partial charge in [0.15, 0.2) is 5.78 Å². The van der Waals surface area contributed by atoms with Crippen molar-refractivity contribution in [3.05, 3.63) is 29.8 Å². The first-order valence-electron chi connectivity index (χ1n) is 5.07. The molecular formula is C12H21NO. The number of hydrogen-bond donors (Lipinski definition) is 1. The van der Waals surface area contributed by atoms with E-state index < -0.39 is 0 Å². The number of benzene rings is 1. The first-order valence-corrected chi connectivity index (χ1v) is 5.07. The highest BCUT2D eigenvalue weighted by molar-refractivity contribution is 5.98. The molecule has 0 spiro atoms. The van der Waals surface area contributed by atoms with Gasteiger partial charge in [-0.2, -0.15) is 0 Å². The smallest absolute Gasteiger partial charge is 0.161 e. The number of anilines is 1. The third kappa shape index (κ3) is 5.36. The normalized spacial score (nSPS) is 7.50. The number of rotatable bonds is 1. The van der Waals surface area contributed by atoms with Crippen molar-refractivity contribution in [3.8, 4) is 0 Å². The number of hydrogen-bond acceptors (Lipinski definition) is 2. The molecule has 0 saturated carbocycles. The predicted molar refractivity (Wildman–Crippen MR) is 63.6 cm³/mol. The molecule has 80 valence electrons. The first kappa shape index (κ1) is 15.2. The molecule has 0 aliphatic heterocycles. The lowest BCUT2D eigenvalue weighted by molar-refractivity contribution is 0.101. The molecule has 0 aliphatic rings. The summed E-state index contributed by atoms with van der Waals surface area (Å²) in [5.41, 5.74) is 6.65. The van der Waals surface area contributed by atoms with Crippen LogP contribution in [0.3, 0.4) is 0 Å². The summed E-state index contributed by atoms with van der Waals surface area (Å²) in [6.07, 6.45) is 0. The number of ketones is 1. The van der Waals surface area contributed by atoms with E-state index in [9.17, 15) is 4.79 Å². The zero-order valence-corrected chi connectivity index (χ0v) is 9.79. The molecule has 0 aliphatic carbocycles. The Morgan fingerprint density at radius 2 is 1.50 bits per heavy atom. The monoisotopic (exact) mass is 195 g/mol. The molecule has 1 aromatic rings. The van der Waals surface area contributed by atoms with Crippen LogP contribution >= 0.6 is 0 Å². The summed E-state index contributed by atoms with van der Waals surface area (Å²) in [7, 11) is 0. The van der Waals surface area contributed by atoms with Crippen molar-refractivity contribution in [2.24, 2.45) is 0 Å². The summed E-state index contributed by atoms with van der Waals surface area (Å²) in [5, 5.41) is 0. The molecule has 1 aromatic carbocycles. The summed E-state index contributed by atoms with van der Waals surface area (Å²) in [4.78, 5) is 10.8. The van der Waals surface area contributed by atoms with Crippen molar-refractivity contribution in [1.82, 2.24) is 0 Å². The fraction of sp³-hybridized carbons (Fsp3) is 0.417. The highest BCUT2D eigenvalue weighted by Gasteiger charge is 2.00. The minimum absolute atomic E-state index is 0.0121. The van der Waals surface area contributed by atoms with Gasteiger partial charge in [-0.3, -0.25) is 4.79 Å². The Labute approximate surface area is 87.1 Å². The van der Waals surface area contributed by atoms with E-state index in [4.69, 9.17) is 5.73 Å². The van der Waals surface area contributed by atoms with E-state index in [-0.39, 0.29) is 5.78 Å². The molecule has 0 amide bonds. The molecule has 2 heteroatoms. The van der Waals surface area contributed by atoms with Gasteiger partial charge in [-0.25, -0.2) is 0 Å². The van der Waals surface area contributed by atoms with E-state index in [1.807, 2.05) is 33.8 Å². The van der Waals surface area contributed by atoms with Gasteiger partial charge in [0.05, 0.1) is 0 Å². The maximum absolute atomic E-state index is 10.8. The van der Waals surface area contributed by atoms with Crippen LogP contribution in [0.1, 0.15) is 45.0 Å². The van der Waals surface area contributed by atoms with Gasteiger partial charge in [0.1, 0.15) is 0 Å². The number of nitrogens with two attached hydrogens (primary N) is 1. The fourth-order valence-electron chi connectivity index (χ4n) is 0.818. The molecule has 0 aromatic heterocycles. The van der Waals surface area contributed by atoms with E-state index >= 15 is 0 Å². The second-order valence-electron chi connectivity index (χ2n) is 2.14. The fourth-order valence-corrected chi connectivity index (χ4v) is 0.818. The van der Waals surface area contributed by atoms with Crippen LogP contribution in [0.4, 0.5) is 5.69 Å². The minimum atomic E-state index is 0.0121. The zero-order chi connectivity index (χ0) is 11.6. The molecule has 2 N–H and O–H groups in total. The van der Waals surface area contributed by atoms with Crippen molar-refractivity contribution < 1.29 is 4.79 Å². The van der Waals surface area contributed by atoms with Crippen LogP contribution in [0.2, 0.25) is 0 Å². The zero-order valence-electron chi connectivity index (χ0n) is 9.79. The van der Waals surface area contributed by atoms with Crippen LogP contribution in [-0.2, 0) is 0 Å². The van der Waals surface area contributed by atoms with Crippen molar-refractivity contribution >= 4 is 11.5 Å².